The summed E-state index contributed by atoms with van der Waals surface area (Å²) in [6.07, 6.45) is 0. The summed E-state index contributed by atoms with van der Waals surface area (Å²) < 4.78 is 13.2. The molecule has 1 atom stereocenters. The molecule has 0 aliphatic heterocycles. The Morgan fingerprint density at radius 3 is 2.57 bits per heavy atom. The van der Waals surface area contributed by atoms with Crippen molar-refractivity contribution in [1.82, 2.24) is 0 Å². The summed E-state index contributed by atoms with van der Waals surface area (Å²) in [5.41, 5.74) is 10.6. The van der Waals surface area contributed by atoms with E-state index in [1.54, 1.807) is 12.1 Å². The van der Waals surface area contributed by atoms with Gasteiger partial charge >= 0.3 is 0 Å². The molecule has 0 spiro atoms. The molecule has 1 rings (SSSR count). The predicted octanol–water partition coefficient (Wildman–Crippen LogP) is 0.133. The summed E-state index contributed by atoms with van der Waals surface area (Å²) in [6.45, 7) is -0.334. The molecule has 1 aromatic rings. The highest BCUT2D eigenvalue weighted by Crippen LogP contribution is 2.19. The average molecular weight is 197 g/mol. The van der Waals surface area contributed by atoms with Gasteiger partial charge in [-0.05, 0) is 6.07 Å². The number of benzene rings is 1. The summed E-state index contributed by atoms with van der Waals surface area (Å²) in [6, 6.07) is 5.30. The van der Waals surface area contributed by atoms with Gasteiger partial charge < -0.3 is 16.6 Å². The largest absolute Gasteiger partial charge is 0.394 e. The third-order valence-corrected chi connectivity index (χ3v) is 1.74. The molecule has 5 heteroatoms. The second kappa shape index (κ2) is 4.57. The number of hydrogen-bond donors (Lipinski definition) is 3. The van der Waals surface area contributed by atoms with E-state index >= 15 is 0 Å². The lowest BCUT2D eigenvalue weighted by Gasteiger charge is -2.10. The average Bonchev–Trinajstić information content (AvgIpc) is 2.15. The number of aliphatic hydroxyl groups excluding tert-OH is 1. The number of halogens is 1. The van der Waals surface area contributed by atoms with Gasteiger partial charge in [-0.25, -0.2) is 9.38 Å². The number of nitrogens with two attached hydrogens (primary N) is 2. The molecule has 0 aliphatic rings. The molecular weight excluding hydrogens is 185 g/mol. The molecule has 4 nitrogen and oxygen atoms in total. The molecule has 0 aliphatic carbocycles. The Kier molecular flexibility index (Phi) is 3.41. The van der Waals surface area contributed by atoms with Crippen molar-refractivity contribution in [2.75, 3.05) is 6.61 Å². The van der Waals surface area contributed by atoms with Crippen LogP contribution in [0.25, 0.3) is 0 Å². The Morgan fingerprint density at radius 2 is 2.07 bits per heavy atom. The number of hydrogen-bond acceptors (Lipinski definition) is 2. The first kappa shape index (κ1) is 10.5. The molecule has 0 bridgehead atoms. The summed E-state index contributed by atoms with van der Waals surface area (Å²) >= 11 is 0. The van der Waals surface area contributed by atoms with Gasteiger partial charge in [0, 0.05) is 5.56 Å². The minimum absolute atomic E-state index is 0.174. The zero-order valence-corrected chi connectivity index (χ0v) is 7.52. The second-order valence-electron chi connectivity index (χ2n) is 2.77. The monoisotopic (exact) mass is 197 g/mol. The standard InChI is InChI=1S/C9H12FN3O/c10-7-4-2-1-3-6(7)8(5-14)13-9(11)12/h1-4,8,14H,5H2,(H4,11,12,13). The molecule has 0 heterocycles. The summed E-state index contributed by atoms with van der Waals surface area (Å²) in [5.74, 6) is -0.608. The minimum Gasteiger partial charge on any atom is -0.394 e. The molecule has 0 radical (unpaired) electrons. The Labute approximate surface area is 81.1 Å². The fourth-order valence-corrected chi connectivity index (χ4v) is 1.13. The van der Waals surface area contributed by atoms with Crippen LogP contribution in [0.4, 0.5) is 4.39 Å². The number of aliphatic imine (C=N–C) groups is 1. The maximum absolute atomic E-state index is 13.2. The highest BCUT2D eigenvalue weighted by Gasteiger charge is 2.12. The quantitative estimate of drug-likeness (QED) is 0.475. The molecule has 0 aromatic heterocycles. The molecule has 5 N–H and O–H groups in total. The number of guanidine groups is 1. The van der Waals surface area contributed by atoms with Gasteiger partial charge in [0.05, 0.1) is 6.61 Å². The lowest BCUT2D eigenvalue weighted by molar-refractivity contribution is 0.266. The number of aliphatic hydroxyl groups is 1. The fraction of sp³-hybridized carbons (Fsp3) is 0.222. The molecule has 76 valence electrons. The van der Waals surface area contributed by atoms with Crippen molar-refractivity contribution in [2.24, 2.45) is 16.5 Å². The van der Waals surface area contributed by atoms with Crippen molar-refractivity contribution in [3.05, 3.63) is 35.6 Å². The van der Waals surface area contributed by atoms with Crippen molar-refractivity contribution in [2.45, 2.75) is 6.04 Å². The van der Waals surface area contributed by atoms with Crippen LogP contribution in [-0.2, 0) is 0 Å². The van der Waals surface area contributed by atoms with Crippen LogP contribution in [0.5, 0.6) is 0 Å². The summed E-state index contributed by atoms with van der Waals surface area (Å²) in [4.78, 5) is 3.71. The van der Waals surface area contributed by atoms with E-state index in [1.807, 2.05) is 0 Å². The van der Waals surface area contributed by atoms with Gasteiger partial charge in [-0.2, -0.15) is 0 Å². The Bertz CT molecular complexity index is 337. The van der Waals surface area contributed by atoms with Gasteiger partial charge in [0.25, 0.3) is 0 Å². The SMILES string of the molecule is NC(N)=NC(CO)c1ccccc1F. The molecular formula is C9H12FN3O. The first-order valence-electron chi connectivity index (χ1n) is 4.09. The molecule has 0 saturated carbocycles. The van der Waals surface area contributed by atoms with E-state index in [0.717, 1.165) is 0 Å². The minimum atomic E-state index is -0.735. The highest BCUT2D eigenvalue weighted by molar-refractivity contribution is 5.76. The van der Waals surface area contributed by atoms with Crippen LogP contribution in [0.15, 0.2) is 29.3 Å². The molecule has 1 aromatic carbocycles. The fourth-order valence-electron chi connectivity index (χ4n) is 1.13. The van der Waals surface area contributed by atoms with Crippen LogP contribution < -0.4 is 11.5 Å². The molecule has 0 amide bonds. The summed E-state index contributed by atoms with van der Waals surface area (Å²) in [7, 11) is 0. The van der Waals surface area contributed by atoms with Crippen LogP contribution in [-0.4, -0.2) is 17.7 Å². The van der Waals surface area contributed by atoms with Crippen molar-refractivity contribution in [3.63, 3.8) is 0 Å². The Hall–Kier alpha value is -1.62. The highest BCUT2D eigenvalue weighted by atomic mass is 19.1. The van der Waals surface area contributed by atoms with E-state index in [4.69, 9.17) is 16.6 Å². The van der Waals surface area contributed by atoms with E-state index in [0.29, 0.717) is 0 Å². The van der Waals surface area contributed by atoms with Crippen LogP contribution >= 0.6 is 0 Å². The predicted molar refractivity (Wildman–Crippen MR) is 52.0 cm³/mol. The zero-order valence-electron chi connectivity index (χ0n) is 7.52. The second-order valence-corrected chi connectivity index (χ2v) is 2.77. The number of rotatable bonds is 3. The van der Waals surface area contributed by atoms with Crippen molar-refractivity contribution < 1.29 is 9.50 Å². The topological polar surface area (TPSA) is 84.6 Å². The van der Waals surface area contributed by atoms with Gasteiger partial charge in [0.2, 0.25) is 0 Å². The van der Waals surface area contributed by atoms with Crippen molar-refractivity contribution in [3.8, 4) is 0 Å². The first-order valence-corrected chi connectivity index (χ1v) is 4.09. The third kappa shape index (κ3) is 2.43. The molecule has 14 heavy (non-hydrogen) atoms. The van der Waals surface area contributed by atoms with Gasteiger partial charge in [0.1, 0.15) is 11.9 Å². The molecule has 1 unspecified atom stereocenters. The zero-order chi connectivity index (χ0) is 10.6. The van der Waals surface area contributed by atoms with E-state index in [-0.39, 0.29) is 18.1 Å². The van der Waals surface area contributed by atoms with E-state index in [1.165, 1.54) is 12.1 Å². The summed E-state index contributed by atoms with van der Waals surface area (Å²) in [5, 5.41) is 8.97. The lowest BCUT2D eigenvalue weighted by atomic mass is 10.1. The molecule has 0 fully saturated rings. The van der Waals surface area contributed by atoms with Crippen LogP contribution in [0.2, 0.25) is 0 Å². The van der Waals surface area contributed by atoms with Crippen LogP contribution in [0.3, 0.4) is 0 Å². The smallest absolute Gasteiger partial charge is 0.186 e. The van der Waals surface area contributed by atoms with E-state index in [9.17, 15) is 4.39 Å². The third-order valence-electron chi connectivity index (χ3n) is 1.74. The Balaban J connectivity index is 3.01. The Morgan fingerprint density at radius 1 is 1.43 bits per heavy atom. The maximum atomic E-state index is 13.2. The van der Waals surface area contributed by atoms with E-state index < -0.39 is 11.9 Å². The van der Waals surface area contributed by atoms with Gasteiger partial charge in [0.15, 0.2) is 5.96 Å². The molecule has 0 saturated heterocycles. The van der Waals surface area contributed by atoms with Gasteiger partial charge in [-0.1, -0.05) is 18.2 Å². The van der Waals surface area contributed by atoms with E-state index in [2.05, 4.69) is 4.99 Å². The van der Waals surface area contributed by atoms with Gasteiger partial charge in [-0.3, -0.25) is 0 Å². The van der Waals surface area contributed by atoms with Crippen LogP contribution in [0.1, 0.15) is 11.6 Å². The van der Waals surface area contributed by atoms with Gasteiger partial charge in [-0.15, -0.1) is 0 Å². The van der Waals surface area contributed by atoms with Crippen molar-refractivity contribution >= 4 is 5.96 Å². The van der Waals surface area contributed by atoms with Crippen molar-refractivity contribution in [1.29, 1.82) is 0 Å². The first-order chi connectivity index (χ1) is 6.65. The van der Waals surface area contributed by atoms with Crippen LogP contribution in [0, 0.1) is 5.82 Å². The normalized spacial score (nSPS) is 12.1. The number of nitrogens with zero attached hydrogens (tertiary/aromatic N) is 1. The maximum Gasteiger partial charge on any atom is 0.186 e. The lowest BCUT2D eigenvalue weighted by Crippen LogP contribution is -2.24.